The van der Waals surface area contributed by atoms with Crippen molar-refractivity contribution in [3.05, 3.63) is 34.4 Å². The van der Waals surface area contributed by atoms with Crippen molar-refractivity contribution in [2.24, 2.45) is 5.84 Å². The van der Waals surface area contributed by atoms with Gasteiger partial charge in [0.2, 0.25) is 0 Å². The molecule has 6 N–H and O–H groups in total. The number of anilines is 1. The molecule has 0 heterocycles. The molecular weight excluding hydrogens is 241 g/mol. The molecule has 0 aliphatic carbocycles. The molecule has 0 atom stereocenters. The van der Waals surface area contributed by atoms with Gasteiger partial charge in [-0.15, -0.1) is 0 Å². The number of nitrogens with zero attached hydrogens (tertiary/aromatic N) is 1. The Kier molecular flexibility index (Phi) is 5.57. The number of nitro benzene ring substituents is 1. The zero-order valence-corrected chi connectivity index (χ0v) is 8.74. The number of hydrazine groups is 1. The van der Waals surface area contributed by atoms with Crippen molar-refractivity contribution >= 4 is 19.2 Å². The van der Waals surface area contributed by atoms with E-state index in [1.807, 2.05) is 0 Å². The highest BCUT2D eigenvalue weighted by Crippen LogP contribution is 2.25. The van der Waals surface area contributed by atoms with E-state index in [9.17, 15) is 10.1 Å². The molecule has 10 heteroatoms. The average Bonchev–Trinajstić information content (AvgIpc) is 2.15. The lowest BCUT2D eigenvalue weighted by atomic mass is 10.3. The van der Waals surface area contributed by atoms with E-state index in [1.54, 1.807) is 12.1 Å². The fraction of sp³-hybridized carbons (Fsp3) is 0. The minimum absolute atomic E-state index is 0.0185. The van der Waals surface area contributed by atoms with Gasteiger partial charge < -0.3 is 20.1 Å². The zero-order chi connectivity index (χ0) is 12.8. The highest BCUT2D eigenvalue weighted by atomic mass is 31.2. The minimum atomic E-state index is -4.64. The first-order chi connectivity index (χ1) is 7.25. The quantitative estimate of drug-likeness (QED) is 0.212. The zero-order valence-electron chi connectivity index (χ0n) is 7.85. The Labute approximate surface area is 89.9 Å². The Morgan fingerprint density at radius 1 is 1.31 bits per heavy atom. The van der Waals surface area contributed by atoms with Crippen molar-refractivity contribution in [1.82, 2.24) is 0 Å². The van der Waals surface area contributed by atoms with Crippen LogP contribution in [0.5, 0.6) is 0 Å². The maximum atomic E-state index is 10.3. The molecule has 0 radical (unpaired) electrons. The molecule has 0 saturated heterocycles. The summed E-state index contributed by atoms with van der Waals surface area (Å²) >= 11 is 0. The third-order valence-electron chi connectivity index (χ3n) is 1.26. The normalized spacial score (nSPS) is 10.0. The fourth-order valence-corrected chi connectivity index (χ4v) is 0.755. The van der Waals surface area contributed by atoms with Crippen LogP contribution < -0.4 is 11.3 Å². The van der Waals surface area contributed by atoms with Crippen molar-refractivity contribution in [2.75, 3.05) is 5.43 Å². The van der Waals surface area contributed by atoms with Gasteiger partial charge in [0, 0.05) is 6.07 Å². The van der Waals surface area contributed by atoms with E-state index >= 15 is 0 Å². The highest BCUT2D eigenvalue weighted by Gasteiger charge is 2.09. The number of nitrogens with one attached hydrogen (secondary N) is 1. The lowest BCUT2D eigenvalue weighted by molar-refractivity contribution is -0.384. The number of para-hydroxylation sites is 2. The smallest absolute Gasteiger partial charge is 0.318 e. The van der Waals surface area contributed by atoms with Crippen LogP contribution in [0, 0.1) is 10.1 Å². The van der Waals surface area contributed by atoms with Crippen molar-refractivity contribution in [1.29, 1.82) is 0 Å². The monoisotopic (exact) mass is 251 g/mol. The molecule has 0 aliphatic heterocycles. The van der Waals surface area contributed by atoms with Crippen molar-refractivity contribution < 1.29 is 24.2 Å². The molecule has 9 nitrogen and oxygen atoms in total. The van der Waals surface area contributed by atoms with Crippen LogP contribution in [0.3, 0.4) is 0 Å². The number of benzene rings is 1. The number of phosphoric acid groups is 1. The molecule has 0 aliphatic rings. The number of nitrogen functional groups attached to an aromatic ring is 1. The number of nitrogens with two attached hydrogens (primary N) is 1. The average molecular weight is 251 g/mol. The lowest BCUT2D eigenvalue weighted by Gasteiger charge is -1.98. The van der Waals surface area contributed by atoms with Crippen LogP contribution in [-0.2, 0) is 4.57 Å². The van der Waals surface area contributed by atoms with Gasteiger partial charge in [0.25, 0.3) is 5.69 Å². The Bertz CT molecular complexity index is 397. The van der Waals surface area contributed by atoms with Crippen LogP contribution in [0.15, 0.2) is 24.3 Å². The van der Waals surface area contributed by atoms with E-state index in [4.69, 9.17) is 25.1 Å². The van der Waals surface area contributed by atoms with Crippen LogP contribution in [0.25, 0.3) is 0 Å². The molecular formula is C6H10N3O6P. The summed E-state index contributed by atoms with van der Waals surface area (Å²) < 4.78 is 8.88. The topological polar surface area (TPSA) is 159 Å². The van der Waals surface area contributed by atoms with Crippen LogP contribution in [0.4, 0.5) is 11.4 Å². The minimum Gasteiger partial charge on any atom is -0.318 e. The first kappa shape index (κ1) is 14.5. The number of nitro groups is 1. The predicted octanol–water partition coefficient (Wildman–Crippen LogP) is -0.0482. The molecule has 0 amide bonds. The van der Waals surface area contributed by atoms with Gasteiger partial charge in [0.15, 0.2) is 0 Å². The van der Waals surface area contributed by atoms with Crippen LogP contribution in [0.2, 0.25) is 0 Å². The van der Waals surface area contributed by atoms with Gasteiger partial charge in [-0.1, -0.05) is 12.1 Å². The third kappa shape index (κ3) is 6.87. The largest absolute Gasteiger partial charge is 0.466 e. The van der Waals surface area contributed by atoms with Gasteiger partial charge in [-0.25, -0.2) is 4.57 Å². The van der Waals surface area contributed by atoms with E-state index in [1.165, 1.54) is 12.1 Å². The molecule has 0 unspecified atom stereocenters. The van der Waals surface area contributed by atoms with Gasteiger partial charge in [0.05, 0.1) is 4.92 Å². The number of hydrogen-bond acceptors (Lipinski definition) is 5. The molecule has 0 saturated carbocycles. The highest BCUT2D eigenvalue weighted by molar-refractivity contribution is 7.45. The van der Waals surface area contributed by atoms with E-state index in [0.29, 0.717) is 5.69 Å². The summed E-state index contributed by atoms with van der Waals surface area (Å²) in [6.45, 7) is 0. The molecule has 1 rings (SSSR count). The van der Waals surface area contributed by atoms with Crippen molar-refractivity contribution in [3.63, 3.8) is 0 Å². The van der Waals surface area contributed by atoms with E-state index in [2.05, 4.69) is 5.43 Å². The van der Waals surface area contributed by atoms with Crippen molar-refractivity contribution in [2.45, 2.75) is 0 Å². The second kappa shape index (κ2) is 6.16. The summed E-state index contributed by atoms with van der Waals surface area (Å²) in [4.78, 5) is 31.4. The van der Waals surface area contributed by atoms with Crippen LogP contribution in [0.1, 0.15) is 0 Å². The Morgan fingerprint density at radius 2 is 1.75 bits per heavy atom. The first-order valence-corrected chi connectivity index (χ1v) is 5.30. The van der Waals surface area contributed by atoms with E-state index in [-0.39, 0.29) is 5.69 Å². The summed E-state index contributed by atoms with van der Waals surface area (Å²) in [6.07, 6.45) is 0. The van der Waals surface area contributed by atoms with Crippen LogP contribution >= 0.6 is 7.82 Å². The summed E-state index contributed by atoms with van der Waals surface area (Å²) in [5.41, 5.74) is 2.53. The van der Waals surface area contributed by atoms with E-state index < -0.39 is 12.7 Å². The maximum absolute atomic E-state index is 10.3. The molecule has 0 bridgehead atoms. The SMILES string of the molecule is NNc1ccccc1[N+](=O)[O-].O=P(O)(O)O. The second-order valence-corrected chi connectivity index (χ2v) is 3.46. The predicted molar refractivity (Wildman–Crippen MR) is 55.2 cm³/mol. The van der Waals surface area contributed by atoms with Gasteiger partial charge >= 0.3 is 7.82 Å². The second-order valence-electron chi connectivity index (χ2n) is 2.43. The molecule has 16 heavy (non-hydrogen) atoms. The lowest BCUT2D eigenvalue weighted by Crippen LogP contribution is -2.08. The number of hydrogen-bond donors (Lipinski definition) is 5. The van der Waals surface area contributed by atoms with Gasteiger partial charge in [0.1, 0.15) is 5.69 Å². The van der Waals surface area contributed by atoms with Gasteiger partial charge in [-0.3, -0.25) is 16.0 Å². The summed E-state index contributed by atoms with van der Waals surface area (Å²) in [5, 5.41) is 10.3. The molecule has 1 aromatic carbocycles. The maximum Gasteiger partial charge on any atom is 0.466 e. The summed E-state index contributed by atoms with van der Waals surface area (Å²) in [5.74, 6) is 5.03. The third-order valence-corrected chi connectivity index (χ3v) is 1.26. The number of rotatable bonds is 2. The Morgan fingerprint density at radius 3 is 2.06 bits per heavy atom. The summed E-state index contributed by atoms with van der Waals surface area (Å²) in [7, 11) is -4.64. The standard InChI is InChI=1S/C6H7N3O2.H3O4P/c7-8-5-3-1-2-4-6(5)9(10)11;1-5(2,3)4/h1-4,8H,7H2;(H3,1,2,3,4). The molecule has 0 fully saturated rings. The molecule has 0 aromatic heterocycles. The molecule has 1 aromatic rings. The van der Waals surface area contributed by atoms with Gasteiger partial charge in [-0.05, 0) is 6.07 Å². The van der Waals surface area contributed by atoms with Crippen molar-refractivity contribution in [3.8, 4) is 0 Å². The Balaban J connectivity index is 0.000000385. The van der Waals surface area contributed by atoms with E-state index in [0.717, 1.165) is 0 Å². The van der Waals surface area contributed by atoms with Gasteiger partial charge in [-0.2, -0.15) is 0 Å². The fourth-order valence-electron chi connectivity index (χ4n) is 0.755. The first-order valence-electron chi connectivity index (χ1n) is 3.74. The summed E-state index contributed by atoms with van der Waals surface area (Å²) in [6, 6.07) is 6.18. The molecule has 90 valence electrons. The Hall–Kier alpha value is -1.51. The molecule has 0 spiro atoms. The van der Waals surface area contributed by atoms with Crippen LogP contribution in [-0.4, -0.2) is 19.6 Å².